The summed E-state index contributed by atoms with van der Waals surface area (Å²) in [6.07, 6.45) is 1.89. The number of thioether (sulfide) groups is 1. The lowest BCUT2D eigenvalue weighted by Crippen LogP contribution is -2.41. The van der Waals surface area contributed by atoms with E-state index >= 15 is 0 Å². The van der Waals surface area contributed by atoms with E-state index < -0.39 is 0 Å². The Kier molecular flexibility index (Phi) is 5.26. The van der Waals surface area contributed by atoms with E-state index in [2.05, 4.69) is 10.1 Å². The van der Waals surface area contributed by atoms with E-state index in [0.717, 1.165) is 27.7 Å². The molecule has 0 saturated carbocycles. The summed E-state index contributed by atoms with van der Waals surface area (Å²) in [4.78, 5) is 18.7. The molecule has 0 spiro atoms. The molecule has 1 amide bonds. The molecule has 0 radical (unpaired) electrons. The van der Waals surface area contributed by atoms with E-state index in [9.17, 15) is 4.79 Å². The lowest BCUT2D eigenvalue weighted by Gasteiger charge is -2.26. The second-order valence-electron chi connectivity index (χ2n) is 6.11. The molecule has 1 aromatic carbocycles. The van der Waals surface area contributed by atoms with Gasteiger partial charge in [0.05, 0.1) is 38.0 Å². The highest BCUT2D eigenvalue weighted by Crippen LogP contribution is 2.23. The lowest BCUT2D eigenvalue weighted by molar-refractivity contribution is -0.132. The molecule has 140 valence electrons. The molecule has 1 fully saturated rings. The number of hydrogen-bond acceptors (Lipinski definition) is 6. The van der Waals surface area contributed by atoms with Crippen molar-refractivity contribution >= 4 is 23.3 Å². The van der Waals surface area contributed by atoms with Crippen molar-refractivity contribution in [1.29, 1.82) is 0 Å². The highest BCUT2D eigenvalue weighted by Gasteiger charge is 2.17. The number of imidazole rings is 1. The summed E-state index contributed by atoms with van der Waals surface area (Å²) in [6.45, 7) is 2.56. The van der Waals surface area contributed by atoms with Crippen LogP contribution in [-0.2, 0) is 9.53 Å². The van der Waals surface area contributed by atoms with Crippen LogP contribution in [0.15, 0.2) is 47.6 Å². The van der Waals surface area contributed by atoms with Crippen LogP contribution in [0.5, 0.6) is 5.75 Å². The number of ether oxygens (including phenoxy) is 2. The molecule has 0 atom stereocenters. The van der Waals surface area contributed by atoms with Gasteiger partial charge in [0.2, 0.25) is 5.91 Å². The minimum absolute atomic E-state index is 0.120. The summed E-state index contributed by atoms with van der Waals surface area (Å²) in [5.74, 6) is 1.30. The highest BCUT2D eigenvalue weighted by molar-refractivity contribution is 7.99. The zero-order valence-corrected chi connectivity index (χ0v) is 15.8. The molecule has 1 aliphatic heterocycles. The largest absolute Gasteiger partial charge is 0.497 e. The molecule has 1 aliphatic rings. The SMILES string of the molecule is COc1ccc(-c2cn3nc(SCC(=O)N4CCOCC4)ccc3n2)cc1. The number of methoxy groups -OCH3 is 1. The Labute approximate surface area is 161 Å². The number of amides is 1. The number of benzene rings is 1. The van der Waals surface area contributed by atoms with Gasteiger partial charge in [0.1, 0.15) is 10.8 Å². The van der Waals surface area contributed by atoms with Crippen molar-refractivity contribution in [3.05, 3.63) is 42.6 Å². The first-order valence-corrected chi connectivity index (χ1v) is 9.71. The zero-order chi connectivity index (χ0) is 18.6. The fourth-order valence-electron chi connectivity index (χ4n) is 2.88. The van der Waals surface area contributed by atoms with E-state index in [0.29, 0.717) is 32.1 Å². The van der Waals surface area contributed by atoms with Crippen LogP contribution in [0.1, 0.15) is 0 Å². The molecule has 1 saturated heterocycles. The number of carbonyl (C=O) groups is 1. The van der Waals surface area contributed by atoms with E-state index in [1.165, 1.54) is 11.8 Å². The average molecular weight is 384 g/mol. The van der Waals surface area contributed by atoms with Crippen molar-refractivity contribution in [3.8, 4) is 17.0 Å². The van der Waals surface area contributed by atoms with Gasteiger partial charge in [0.15, 0.2) is 5.65 Å². The standard InChI is InChI=1S/C19H20N4O3S/c1-25-15-4-2-14(3-5-15)16-12-23-17(20-16)6-7-18(21-23)27-13-19(24)22-8-10-26-11-9-22/h2-7,12H,8-11,13H2,1H3. The number of nitrogens with zero attached hydrogens (tertiary/aromatic N) is 4. The Bertz CT molecular complexity index is 936. The van der Waals surface area contributed by atoms with Crippen molar-refractivity contribution in [2.24, 2.45) is 0 Å². The molecule has 4 rings (SSSR count). The number of aromatic nitrogens is 3. The first kappa shape index (κ1) is 17.8. The minimum atomic E-state index is 0.120. The van der Waals surface area contributed by atoms with E-state index in [1.807, 2.05) is 47.5 Å². The van der Waals surface area contributed by atoms with Gasteiger partial charge in [-0.05, 0) is 36.4 Å². The number of carbonyl (C=O) groups excluding carboxylic acids is 1. The summed E-state index contributed by atoms with van der Waals surface area (Å²) in [5.41, 5.74) is 2.61. The van der Waals surface area contributed by atoms with Crippen molar-refractivity contribution in [2.75, 3.05) is 39.2 Å². The average Bonchev–Trinajstić information content (AvgIpc) is 3.16. The first-order valence-electron chi connectivity index (χ1n) is 8.72. The van der Waals surface area contributed by atoms with E-state index in [1.54, 1.807) is 11.6 Å². The zero-order valence-electron chi connectivity index (χ0n) is 15.0. The molecular formula is C19H20N4O3S. The molecule has 8 heteroatoms. The summed E-state index contributed by atoms with van der Waals surface area (Å²) < 4.78 is 12.2. The quantitative estimate of drug-likeness (QED) is 0.629. The van der Waals surface area contributed by atoms with Gasteiger partial charge in [0, 0.05) is 18.7 Å². The Hall–Kier alpha value is -2.58. The predicted octanol–water partition coefficient (Wildman–Crippen LogP) is 2.36. The minimum Gasteiger partial charge on any atom is -0.497 e. The summed E-state index contributed by atoms with van der Waals surface area (Å²) >= 11 is 1.44. The van der Waals surface area contributed by atoms with E-state index in [4.69, 9.17) is 9.47 Å². The van der Waals surface area contributed by atoms with Crippen molar-refractivity contribution < 1.29 is 14.3 Å². The number of rotatable bonds is 5. The molecule has 0 N–H and O–H groups in total. The van der Waals surface area contributed by atoms with Gasteiger partial charge >= 0.3 is 0 Å². The van der Waals surface area contributed by atoms with Crippen LogP contribution >= 0.6 is 11.8 Å². The molecule has 7 nitrogen and oxygen atoms in total. The number of fused-ring (bicyclic) bond motifs is 1. The van der Waals surface area contributed by atoms with Gasteiger partial charge in [-0.1, -0.05) is 11.8 Å². The van der Waals surface area contributed by atoms with Crippen molar-refractivity contribution in [1.82, 2.24) is 19.5 Å². The molecule has 3 aromatic rings. The lowest BCUT2D eigenvalue weighted by atomic mass is 10.2. The molecular weight excluding hydrogens is 364 g/mol. The third-order valence-electron chi connectivity index (χ3n) is 4.39. The highest BCUT2D eigenvalue weighted by atomic mass is 32.2. The van der Waals surface area contributed by atoms with Crippen molar-refractivity contribution in [2.45, 2.75) is 5.03 Å². The third-order valence-corrected chi connectivity index (χ3v) is 5.29. The predicted molar refractivity (Wildman–Crippen MR) is 103 cm³/mol. The Balaban J connectivity index is 1.46. The molecule has 2 aromatic heterocycles. The van der Waals surface area contributed by atoms with Gasteiger partial charge in [-0.3, -0.25) is 4.79 Å². The summed E-state index contributed by atoms with van der Waals surface area (Å²) in [5, 5.41) is 5.36. The van der Waals surface area contributed by atoms with Gasteiger partial charge in [-0.15, -0.1) is 0 Å². The maximum atomic E-state index is 12.3. The monoisotopic (exact) mass is 384 g/mol. The number of hydrogen-bond donors (Lipinski definition) is 0. The summed E-state index contributed by atoms with van der Waals surface area (Å²) in [6, 6.07) is 11.6. The Morgan fingerprint density at radius 3 is 2.70 bits per heavy atom. The third kappa shape index (κ3) is 4.06. The maximum absolute atomic E-state index is 12.3. The van der Waals surface area contributed by atoms with E-state index in [-0.39, 0.29) is 5.91 Å². The normalized spacial score (nSPS) is 14.5. The number of morpholine rings is 1. The van der Waals surface area contributed by atoms with Crippen LogP contribution in [0.25, 0.3) is 16.9 Å². The van der Waals surface area contributed by atoms with Crippen molar-refractivity contribution in [3.63, 3.8) is 0 Å². The van der Waals surface area contributed by atoms with Gasteiger partial charge in [0.25, 0.3) is 0 Å². The van der Waals surface area contributed by atoms with Crippen LogP contribution in [0.4, 0.5) is 0 Å². The van der Waals surface area contributed by atoms with Gasteiger partial charge in [-0.2, -0.15) is 5.10 Å². The van der Waals surface area contributed by atoms with Gasteiger partial charge < -0.3 is 14.4 Å². The van der Waals surface area contributed by atoms with Crippen LogP contribution in [0.2, 0.25) is 0 Å². The molecule has 0 bridgehead atoms. The van der Waals surface area contributed by atoms with Crippen LogP contribution in [0, 0.1) is 0 Å². The molecule has 27 heavy (non-hydrogen) atoms. The summed E-state index contributed by atoms with van der Waals surface area (Å²) in [7, 11) is 1.65. The molecule has 3 heterocycles. The Morgan fingerprint density at radius 2 is 1.96 bits per heavy atom. The first-order chi connectivity index (χ1) is 13.2. The fraction of sp³-hybridized carbons (Fsp3) is 0.316. The van der Waals surface area contributed by atoms with Crippen LogP contribution in [-0.4, -0.2) is 64.6 Å². The molecule has 0 unspecified atom stereocenters. The Morgan fingerprint density at radius 1 is 1.19 bits per heavy atom. The molecule has 0 aliphatic carbocycles. The maximum Gasteiger partial charge on any atom is 0.233 e. The van der Waals surface area contributed by atoms with Crippen LogP contribution in [0.3, 0.4) is 0 Å². The van der Waals surface area contributed by atoms with Gasteiger partial charge in [-0.25, -0.2) is 9.50 Å². The second kappa shape index (κ2) is 7.98. The smallest absolute Gasteiger partial charge is 0.233 e. The topological polar surface area (TPSA) is 69.0 Å². The fourth-order valence-corrected chi connectivity index (χ4v) is 3.65. The second-order valence-corrected chi connectivity index (χ2v) is 7.11. The van der Waals surface area contributed by atoms with Crippen LogP contribution < -0.4 is 4.74 Å².